The Morgan fingerprint density at radius 3 is 2.58 bits per heavy atom. The van der Waals surface area contributed by atoms with Gasteiger partial charge in [0.25, 0.3) is 5.91 Å². The van der Waals surface area contributed by atoms with Gasteiger partial charge < -0.3 is 9.64 Å². The molecule has 1 amide bonds. The fraction of sp³-hybridized carbons (Fsp3) is 0.200. The predicted molar refractivity (Wildman–Crippen MR) is 96.3 cm³/mol. The van der Waals surface area contributed by atoms with Gasteiger partial charge in [0.1, 0.15) is 6.10 Å². The van der Waals surface area contributed by atoms with Crippen LogP contribution in [0.25, 0.3) is 11.4 Å². The molecule has 2 aromatic heterocycles. The van der Waals surface area contributed by atoms with Gasteiger partial charge in [-0.3, -0.25) is 9.78 Å². The van der Waals surface area contributed by atoms with Crippen LogP contribution in [0.4, 0.5) is 0 Å². The molecule has 1 fully saturated rings. The standard InChI is InChI=1S/C20H18N4O2/c25-20(17-12-22-19(23-13-17)16-7-4-8-21-11-16)24-9-10-26-18(14-24)15-5-2-1-3-6-15/h1-8,11-13,18H,9-10,14H2. The van der Waals surface area contributed by atoms with Gasteiger partial charge in [-0.25, -0.2) is 9.97 Å². The smallest absolute Gasteiger partial charge is 0.257 e. The van der Waals surface area contributed by atoms with E-state index < -0.39 is 0 Å². The van der Waals surface area contributed by atoms with E-state index in [4.69, 9.17) is 4.74 Å². The monoisotopic (exact) mass is 346 g/mol. The third-order valence-corrected chi connectivity index (χ3v) is 4.34. The Balaban J connectivity index is 1.48. The molecular weight excluding hydrogens is 328 g/mol. The van der Waals surface area contributed by atoms with Crippen molar-refractivity contribution < 1.29 is 9.53 Å². The molecule has 26 heavy (non-hydrogen) atoms. The van der Waals surface area contributed by atoms with Gasteiger partial charge in [0, 0.05) is 36.9 Å². The van der Waals surface area contributed by atoms with Crippen LogP contribution >= 0.6 is 0 Å². The summed E-state index contributed by atoms with van der Waals surface area (Å²) in [6.07, 6.45) is 6.44. The highest BCUT2D eigenvalue weighted by Gasteiger charge is 2.26. The molecule has 6 heteroatoms. The summed E-state index contributed by atoms with van der Waals surface area (Å²) in [5.41, 5.74) is 2.38. The zero-order valence-corrected chi connectivity index (χ0v) is 14.2. The summed E-state index contributed by atoms with van der Waals surface area (Å²) in [5, 5.41) is 0. The van der Waals surface area contributed by atoms with Crippen LogP contribution in [0.1, 0.15) is 22.0 Å². The zero-order chi connectivity index (χ0) is 17.8. The normalized spacial score (nSPS) is 17.1. The summed E-state index contributed by atoms with van der Waals surface area (Å²) >= 11 is 0. The van der Waals surface area contributed by atoms with E-state index in [-0.39, 0.29) is 12.0 Å². The van der Waals surface area contributed by atoms with Gasteiger partial charge in [0.15, 0.2) is 5.82 Å². The number of amides is 1. The van der Waals surface area contributed by atoms with Crippen molar-refractivity contribution >= 4 is 5.91 Å². The summed E-state index contributed by atoms with van der Waals surface area (Å²) < 4.78 is 5.83. The first-order chi connectivity index (χ1) is 12.8. The second-order valence-electron chi connectivity index (χ2n) is 6.06. The maximum Gasteiger partial charge on any atom is 0.257 e. The van der Waals surface area contributed by atoms with E-state index in [9.17, 15) is 4.79 Å². The molecule has 0 aliphatic carbocycles. The number of carbonyl (C=O) groups is 1. The van der Waals surface area contributed by atoms with Gasteiger partial charge in [-0.15, -0.1) is 0 Å². The van der Waals surface area contributed by atoms with Gasteiger partial charge in [-0.05, 0) is 17.7 Å². The number of benzene rings is 1. The van der Waals surface area contributed by atoms with Crippen LogP contribution in [0.2, 0.25) is 0 Å². The summed E-state index contributed by atoms with van der Waals surface area (Å²) in [4.78, 5) is 27.3. The second-order valence-corrected chi connectivity index (χ2v) is 6.06. The molecule has 0 radical (unpaired) electrons. The van der Waals surface area contributed by atoms with E-state index >= 15 is 0 Å². The molecule has 3 aromatic rings. The Kier molecular flexibility index (Phi) is 4.66. The number of nitrogens with zero attached hydrogens (tertiary/aromatic N) is 4. The minimum Gasteiger partial charge on any atom is -0.370 e. The SMILES string of the molecule is O=C(c1cnc(-c2cccnc2)nc1)N1CCOC(c2ccccc2)C1. The Morgan fingerprint density at radius 2 is 1.85 bits per heavy atom. The molecule has 0 saturated carbocycles. The van der Waals surface area contributed by atoms with Crippen LogP contribution in [-0.4, -0.2) is 45.5 Å². The average molecular weight is 346 g/mol. The van der Waals surface area contributed by atoms with E-state index in [1.54, 1.807) is 29.7 Å². The number of hydrogen-bond donors (Lipinski definition) is 0. The summed E-state index contributed by atoms with van der Waals surface area (Å²) in [6, 6.07) is 13.7. The molecule has 1 aliphatic rings. The molecule has 0 spiro atoms. The Morgan fingerprint density at radius 1 is 1.04 bits per heavy atom. The van der Waals surface area contributed by atoms with Crippen molar-refractivity contribution in [2.45, 2.75) is 6.10 Å². The van der Waals surface area contributed by atoms with E-state index in [0.29, 0.717) is 31.1 Å². The van der Waals surface area contributed by atoms with Crippen LogP contribution in [-0.2, 0) is 4.74 Å². The quantitative estimate of drug-likeness (QED) is 0.729. The molecule has 1 aromatic carbocycles. The number of aromatic nitrogens is 3. The van der Waals surface area contributed by atoms with E-state index in [1.807, 2.05) is 42.5 Å². The molecule has 130 valence electrons. The van der Waals surface area contributed by atoms with Crippen LogP contribution in [0.5, 0.6) is 0 Å². The largest absolute Gasteiger partial charge is 0.370 e. The number of carbonyl (C=O) groups excluding carboxylic acids is 1. The van der Waals surface area contributed by atoms with Crippen molar-refractivity contribution in [3.05, 3.63) is 78.4 Å². The first-order valence-corrected chi connectivity index (χ1v) is 8.49. The first kappa shape index (κ1) is 16.4. The first-order valence-electron chi connectivity index (χ1n) is 8.49. The third kappa shape index (κ3) is 3.45. The van der Waals surface area contributed by atoms with Crippen LogP contribution in [0.15, 0.2) is 67.3 Å². The number of pyridine rings is 1. The summed E-state index contributed by atoms with van der Waals surface area (Å²) in [7, 11) is 0. The number of morpholine rings is 1. The molecule has 6 nitrogen and oxygen atoms in total. The highest BCUT2D eigenvalue weighted by Crippen LogP contribution is 2.23. The maximum atomic E-state index is 12.8. The maximum absolute atomic E-state index is 12.8. The van der Waals surface area contributed by atoms with Crippen molar-refractivity contribution in [3.63, 3.8) is 0 Å². The summed E-state index contributed by atoms with van der Waals surface area (Å²) in [6.45, 7) is 1.60. The molecule has 0 N–H and O–H groups in total. The van der Waals surface area contributed by atoms with Crippen LogP contribution < -0.4 is 0 Å². The van der Waals surface area contributed by atoms with Gasteiger partial charge in [0.2, 0.25) is 0 Å². The fourth-order valence-electron chi connectivity index (χ4n) is 2.97. The van der Waals surface area contributed by atoms with E-state index in [0.717, 1.165) is 11.1 Å². The minimum absolute atomic E-state index is 0.0769. The third-order valence-electron chi connectivity index (χ3n) is 4.34. The zero-order valence-electron chi connectivity index (χ0n) is 14.2. The predicted octanol–water partition coefficient (Wildman–Crippen LogP) is 2.75. The molecule has 1 atom stereocenters. The number of rotatable bonds is 3. The van der Waals surface area contributed by atoms with Crippen molar-refractivity contribution in [2.24, 2.45) is 0 Å². The highest BCUT2D eigenvalue weighted by atomic mass is 16.5. The van der Waals surface area contributed by atoms with Crippen molar-refractivity contribution in [1.29, 1.82) is 0 Å². The van der Waals surface area contributed by atoms with Gasteiger partial charge in [0.05, 0.1) is 18.7 Å². The van der Waals surface area contributed by atoms with Crippen molar-refractivity contribution in [1.82, 2.24) is 19.9 Å². The lowest BCUT2D eigenvalue weighted by Crippen LogP contribution is -2.42. The van der Waals surface area contributed by atoms with Gasteiger partial charge in [-0.1, -0.05) is 30.3 Å². The van der Waals surface area contributed by atoms with Crippen LogP contribution in [0, 0.1) is 0 Å². The highest BCUT2D eigenvalue weighted by molar-refractivity contribution is 5.93. The number of ether oxygens (including phenoxy) is 1. The Labute approximate surface area is 151 Å². The minimum atomic E-state index is -0.107. The molecule has 0 bridgehead atoms. The lowest BCUT2D eigenvalue weighted by molar-refractivity contribution is -0.0228. The molecule has 1 saturated heterocycles. The molecule has 1 unspecified atom stereocenters. The molecule has 4 rings (SSSR count). The van der Waals surface area contributed by atoms with Gasteiger partial charge in [-0.2, -0.15) is 0 Å². The lowest BCUT2D eigenvalue weighted by atomic mass is 10.1. The molecule has 1 aliphatic heterocycles. The van der Waals surface area contributed by atoms with Gasteiger partial charge >= 0.3 is 0 Å². The second kappa shape index (κ2) is 7.41. The molecule has 3 heterocycles. The van der Waals surface area contributed by atoms with Crippen molar-refractivity contribution in [3.8, 4) is 11.4 Å². The van der Waals surface area contributed by atoms with E-state index in [1.165, 1.54) is 0 Å². The Bertz CT molecular complexity index is 869. The van der Waals surface area contributed by atoms with Crippen molar-refractivity contribution in [2.75, 3.05) is 19.7 Å². The average Bonchev–Trinajstić information content (AvgIpc) is 2.75. The lowest BCUT2D eigenvalue weighted by Gasteiger charge is -2.33. The topological polar surface area (TPSA) is 68.2 Å². The molecular formula is C20H18N4O2. The van der Waals surface area contributed by atoms with Crippen LogP contribution in [0.3, 0.4) is 0 Å². The summed E-state index contributed by atoms with van der Waals surface area (Å²) in [5.74, 6) is 0.478. The Hall–Kier alpha value is -3.12. The number of hydrogen-bond acceptors (Lipinski definition) is 5. The fourth-order valence-corrected chi connectivity index (χ4v) is 2.97. The van der Waals surface area contributed by atoms with E-state index in [2.05, 4.69) is 15.0 Å².